The Labute approximate surface area is 179 Å². The van der Waals surface area contributed by atoms with Crippen LogP contribution in [0.4, 0.5) is 0 Å². The third kappa shape index (κ3) is 4.23. The van der Waals surface area contributed by atoms with Gasteiger partial charge in [0, 0.05) is 17.7 Å². The first kappa shape index (κ1) is 22.7. The number of methoxy groups -OCH3 is 1. The van der Waals surface area contributed by atoms with Gasteiger partial charge in [-0.15, -0.1) is 0 Å². The van der Waals surface area contributed by atoms with E-state index < -0.39 is 36.5 Å². The Morgan fingerprint density at radius 2 is 1.87 bits per heavy atom. The van der Waals surface area contributed by atoms with Crippen molar-refractivity contribution in [1.29, 1.82) is 0 Å². The molecule has 30 heavy (non-hydrogen) atoms. The van der Waals surface area contributed by atoms with Crippen molar-refractivity contribution < 1.29 is 34.3 Å². The number of benzene rings is 2. The second kappa shape index (κ2) is 9.43. The maximum absolute atomic E-state index is 12.1. The molecule has 0 saturated carbocycles. The summed E-state index contributed by atoms with van der Waals surface area (Å²) in [5.41, 5.74) is 2.09. The molecular weight excluding hydrogens is 412 g/mol. The van der Waals surface area contributed by atoms with Crippen molar-refractivity contribution in [2.75, 3.05) is 20.3 Å². The van der Waals surface area contributed by atoms with Crippen molar-refractivity contribution >= 4 is 17.4 Å². The number of ether oxygens (including phenoxy) is 3. The van der Waals surface area contributed by atoms with Crippen molar-refractivity contribution in [3.05, 3.63) is 64.2 Å². The molecule has 1 aliphatic heterocycles. The number of ketones is 1. The van der Waals surface area contributed by atoms with Crippen LogP contribution in [0.15, 0.2) is 42.5 Å². The molecule has 0 aliphatic carbocycles. The number of aliphatic hydroxyl groups is 3. The van der Waals surface area contributed by atoms with Gasteiger partial charge in [0.15, 0.2) is 5.78 Å². The van der Waals surface area contributed by atoms with E-state index in [9.17, 15) is 20.1 Å². The van der Waals surface area contributed by atoms with E-state index in [1.165, 1.54) is 7.11 Å². The Balaban J connectivity index is 1.95. The van der Waals surface area contributed by atoms with E-state index in [4.69, 9.17) is 25.8 Å². The Morgan fingerprint density at radius 3 is 2.47 bits per heavy atom. The van der Waals surface area contributed by atoms with Crippen LogP contribution in [-0.4, -0.2) is 59.7 Å². The van der Waals surface area contributed by atoms with E-state index in [0.717, 1.165) is 16.9 Å². The minimum absolute atomic E-state index is 0.368. The molecule has 0 amide bonds. The van der Waals surface area contributed by atoms with Crippen LogP contribution in [-0.2, 0) is 26.5 Å². The number of carbonyl (C=O) groups is 1. The third-order valence-electron chi connectivity index (χ3n) is 5.16. The molecule has 3 rings (SSSR count). The number of rotatable bonds is 7. The molecule has 1 aliphatic rings. The number of halogens is 1. The third-order valence-corrected chi connectivity index (χ3v) is 5.53. The van der Waals surface area contributed by atoms with Gasteiger partial charge in [0.2, 0.25) is 5.79 Å². The molecule has 3 N–H and O–H groups in total. The number of aliphatic hydroxyl groups excluding tert-OH is 3. The van der Waals surface area contributed by atoms with Gasteiger partial charge in [-0.3, -0.25) is 4.79 Å². The molecule has 0 aromatic heterocycles. The highest BCUT2D eigenvalue weighted by molar-refractivity contribution is 6.31. The second-order valence-electron chi connectivity index (χ2n) is 7.01. The Kier molecular flexibility index (Phi) is 7.13. The highest BCUT2D eigenvalue weighted by Crippen LogP contribution is 2.39. The molecule has 1 saturated heterocycles. The van der Waals surface area contributed by atoms with Crippen LogP contribution in [0.3, 0.4) is 0 Å². The highest BCUT2D eigenvalue weighted by atomic mass is 35.5. The van der Waals surface area contributed by atoms with Crippen LogP contribution < -0.4 is 4.74 Å². The highest BCUT2D eigenvalue weighted by Gasteiger charge is 2.55. The maximum Gasteiger partial charge on any atom is 0.225 e. The molecule has 2 aromatic rings. The molecule has 7 nitrogen and oxygen atoms in total. The second-order valence-corrected chi connectivity index (χ2v) is 7.42. The van der Waals surface area contributed by atoms with E-state index >= 15 is 0 Å². The fraction of sp³-hybridized carbons (Fsp3) is 0.409. The molecule has 0 radical (unpaired) electrons. The molecule has 1 heterocycles. The van der Waals surface area contributed by atoms with Gasteiger partial charge in [-0.05, 0) is 48.7 Å². The van der Waals surface area contributed by atoms with Gasteiger partial charge in [0.25, 0.3) is 0 Å². The van der Waals surface area contributed by atoms with E-state index in [1.807, 2.05) is 31.2 Å². The summed E-state index contributed by atoms with van der Waals surface area (Å²) in [5, 5.41) is 30.8. The molecule has 2 aromatic carbocycles. The van der Waals surface area contributed by atoms with Crippen LogP contribution in [0, 0.1) is 0 Å². The largest absolute Gasteiger partial charge is 0.494 e. The minimum Gasteiger partial charge on any atom is -0.494 e. The average molecular weight is 437 g/mol. The van der Waals surface area contributed by atoms with Crippen molar-refractivity contribution in [1.82, 2.24) is 0 Å². The average Bonchev–Trinajstić information content (AvgIpc) is 2.76. The van der Waals surface area contributed by atoms with Crippen LogP contribution >= 0.6 is 11.6 Å². The Bertz CT molecular complexity index is 882. The lowest BCUT2D eigenvalue weighted by Gasteiger charge is -2.44. The molecule has 0 spiro atoms. The summed E-state index contributed by atoms with van der Waals surface area (Å²) in [6.07, 6.45) is -4.29. The molecule has 162 valence electrons. The summed E-state index contributed by atoms with van der Waals surface area (Å²) in [6, 6.07) is 12.5. The fourth-order valence-corrected chi connectivity index (χ4v) is 3.75. The van der Waals surface area contributed by atoms with Crippen molar-refractivity contribution in [2.45, 2.75) is 37.4 Å². The summed E-state index contributed by atoms with van der Waals surface area (Å²) in [7, 11) is 1.29. The van der Waals surface area contributed by atoms with Gasteiger partial charge >= 0.3 is 0 Å². The molecular formula is C22H25ClO7. The molecule has 4 atom stereocenters. The SMILES string of the molecule is CCOc1ccc(Cc2cc([C@]3(OC)O[C@H](CO)C(=O)[C@H](O)[C@H]3O)ccc2Cl)cc1. The zero-order chi connectivity index (χ0) is 21.9. The normalized spacial score (nSPS) is 26.6. The minimum atomic E-state index is -1.83. The quantitative estimate of drug-likeness (QED) is 0.607. The lowest BCUT2D eigenvalue weighted by Crippen LogP contribution is -2.62. The summed E-state index contributed by atoms with van der Waals surface area (Å²) < 4.78 is 16.6. The van der Waals surface area contributed by atoms with E-state index in [2.05, 4.69) is 0 Å². The van der Waals surface area contributed by atoms with Gasteiger partial charge in [-0.2, -0.15) is 0 Å². The summed E-state index contributed by atoms with van der Waals surface area (Å²) >= 11 is 6.39. The van der Waals surface area contributed by atoms with Gasteiger partial charge in [0.05, 0.1) is 13.2 Å². The Morgan fingerprint density at radius 1 is 1.17 bits per heavy atom. The Hall–Kier alpha value is -2.00. The number of Topliss-reactive ketones (excluding diaryl/α,β-unsaturated/α-hetero) is 1. The summed E-state index contributed by atoms with van der Waals surface area (Å²) in [6.45, 7) is 1.84. The van der Waals surface area contributed by atoms with Gasteiger partial charge in [-0.25, -0.2) is 0 Å². The summed E-state index contributed by atoms with van der Waals surface area (Å²) in [5.74, 6) is -1.87. The monoisotopic (exact) mass is 436 g/mol. The topological polar surface area (TPSA) is 105 Å². The van der Waals surface area contributed by atoms with Gasteiger partial charge < -0.3 is 29.5 Å². The first-order valence-corrected chi connectivity index (χ1v) is 9.98. The number of carbonyl (C=O) groups excluding carboxylic acids is 1. The maximum atomic E-state index is 12.1. The fourth-order valence-electron chi connectivity index (χ4n) is 3.56. The van der Waals surface area contributed by atoms with Crippen LogP contribution in [0.5, 0.6) is 5.75 Å². The smallest absolute Gasteiger partial charge is 0.225 e. The standard InChI is InChI=1S/C22H25ClO7/c1-3-29-16-7-4-13(5-8-16)10-14-11-15(6-9-17(14)23)22(28-2)21(27)20(26)19(25)18(12-24)30-22/h4-9,11,18,20-21,24,26-27H,3,10,12H2,1-2H3/t18-,20+,21-,22+/m1/s1. The molecule has 8 heteroatoms. The predicted molar refractivity (Wildman–Crippen MR) is 110 cm³/mol. The molecule has 0 unspecified atom stereocenters. The zero-order valence-corrected chi connectivity index (χ0v) is 17.5. The first-order valence-electron chi connectivity index (χ1n) is 9.60. The van der Waals surface area contributed by atoms with Crippen LogP contribution in [0.1, 0.15) is 23.6 Å². The van der Waals surface area contributed by atoms with Gasteiger partial charge in [0.1, 0.15) is 24.1 Å². The van der Waals surface area contributed by atoms with Crippen LogP contribution in [0.2, 0.25) is 5.02 Å². The summed E-state index contributed by atoms with van der Waals surface area (Å²) in [4.78, 5) is 12.1. The number of hydrogen-bond acceptors (Lipinski definition) is 7. The zero-order valence-electron chi connectivity index (χ0n) is 16.7. The van der Waals surface area contributed by atoms with Gasteiger partial charge in [-0.1, -0.05) is 29.8 Å². The molecule has 0 bridgehead atoms. The lowest BCUT2D eigenvalue weighted by molar-refractivity contribution is -0.327. The van der Waals surface area contributed by atoms with Crippen LogP contribution in [0.25, 0.3) is 0 Å². The van der Waals surface area contributed by atoms with E-state index in [-0.39, 0.29) is 0 Å². The van der Waals surface area contributed by atoms with E-state index in [0.29, 0.717) is 23.6 Å². The van der Waals surface area contributed by atoms with Crippen molar-refractivity contribution in [2.24, 2.45) is 0 Å². The first-order chi connectivity index (χ1) is 14.4. The van der Waals surface area contributed by atoms with E-state index in [1.54, 1.807) is 18.2 Å². The predicted octanol–water partition coefficient (Wildman–Crippen LogP) is 1.81. The lowest BCUT2D eigenvalue weighted by atomic mass is 9.87. The van der Waals surface area contributed by atoms with Crippen molar-refractivity contribution in [3.8, 4) is 5.75 Å². The number of hydrogen-bond donors (Lipinski definition) is 3. The van der Waals surface area contributed by atoms with Crippen molar-refractivity contribution in [3.63, 3.8) is 0 Å². The molecule has 1 fully saturated rings.